The summed E-state index contributed by atoms with van der Waals surface area (Å²) in [5.74, 6) is -0.531. The number of carbonyl (C=O) groups is 1. The van der Waals surface area contributed by atoms with E-state index in [1.807, 2.05) is 42.5 Å². The molecular weight excluding hydrogens is 342 g/mol. The second-order valence-electron chi connectivity index (χ2n) is 5.92. The van der Waals surface area contributed by atoms with Crippen LogP contribution in [0.5, 0.6) is 0 Å². The number of rotatable bonds is 4. The Morgan fingerprint density at radius 3 is 2.30 bits per heavy atom. The lowest BCUT2D eigenvalue weighted by Crippen LogP contribution is -2.26. The number of esters is 1. The zero-order valence-corrected chi connectivity index (χ0v) is 14.3. The Bertz CT molecular complexity index is 1150. The molecule has 0 saturated carbocycles. The van der Waals surface area contributed by atoms with Gasteiger partial charge in [0.15, 0.2) is 6.73 Å². The van der Waals surface area contributed by atoms with Crippen LogP contribution in [0.25, 0.3) is 22.0 Å². The van der Waals surface area contributed by atoms with E-state index < -0.39 is 5.97 Å². The van der Waals surface area contributed by atoms with E-state index in [1.54, 1.807) is 36.4 Å². The monoisotopic (exact) mass is 357 g/mol. The number of hydrogen-bond donors (Lipinski definition) is 0. The Morgan fingerprint density at radius 1 is 0.852 bits per heavy atom. The number of carbonyl (C=O) groups excluding carboxylic acids is 1. The topological polar surface area (TPSA) is 74.1 Å². The van der Waals surface area contributed by atoms with E-state index in [1.165, 1.54) is 0 Å². The number of aromatic nitrogens is 3. The fraction of sp³-hybridized carbons (Fsp3) is 0.0476. The van der Waals surface area contributed by atoms with Crippen molar-refractivity contribution in [1.82, 2.24) is 15.0 Å². The van der Waals surface area contributed by atoms with Crippen molar-refractivity contribution in [2.75, 3.05) is 0 Å². The van der Waals surface area contributed by atoms with E-state index in [-0.39, 0.29) is 12.3 Å². The first-order valence-corrected chi connectivity index (χ1v) is 8.37. The highest BCUT2D eigenvalue weighted by Gasteiger charge is 2.10. The molecule has 0 saturated heterocycles. The fourth-order valence-electron chi connectivity index (χ4n) is 2.74. The third kappa shape index (κ3) is 3.46. The molecule has 4 aromatic rings. The van der Waals surface area contributed by atoms with E-state index in [4.69, 9.17) is 4.74 Å². The molecule has 1 heterocycles. The smallest absolute Gasteiger partial charge is 0.339 e. The van der Waals surface area contributed by atoms with E-state index in [2.05, 4.69) is 10.3 Å². The lowest BCUT2D eigenvalue weighted by atomic mass is 10.0. The number of hydrogen-bond acceptors (Lipinski definition) is 5. The molecule has 0 atom stereocenters. The van der Waals surface area contributed by atoms with Crippen LogP contribution in [0, 0.1) is 0 Å². The van der Waals surface area contributed by atoms with Crippen LogP contribution >= 0.6 is 0 Å². The van der Waals surface area contributed by atoms with Crippen molar-refractivity contribution in [2.45, 2.75) is 6.73 Å². The van der Waals surface area contributed by atoms with Gasteiger partial charge in [-0.25, -0.2) is 4.79 Å². The van der Waals surface area contributed by atoms with Crippen molar-refractivity contribution >= 4 is 16.9 Å². The number of ether oxygens (including phenoxy) is 1. The third-order valence-corrected chi connectivity index (χ3v) is 4.17. The first kappa shape index (κ1) is 16.7. The van der Waals surface area contributed by atoms with Gasteiger partial charge in [-0.3, -0.25) is 4.79 Å². The van der Waals surface area contributed by atoms with Gasteiger partial charge in [0.25, 0.3) is 5.56 Å². The average molecular weight is 357 g/mol. The summed E-state index contributed by atoms with van der Waals surface area (Å²) in [6, 6.07) is 23.8. The highest BCUT2D eigenvalue weighted by Crippen LogP contribution is 2.19. The maximum Gasteiger partial charge on any atom is 0.339 e. The van der Waals surface area contributed by atoms with Crippen LogP contribution in [0.15, 0.2) is 83.7 Å². The SMILES string of the molecule is O=C(OCn1nnc2ccccc2c1=O)c1ccc(-c2ccccc2)cc1. The molecule has 0 radical (unpaired) electrons. The summed E-state index contributed by atoms with van der Waals surface area (Å²) in [6.07, 6.45) is 0. The molecule has 6 heteroatoms. The van der Waals surface area contributed by atoms with Crippen LogP contribution in [-0.2, 0) is 11.5 Å². The summed E-state index contributed by atoms with van der Waals surface area (Å²) in [5, 5.41) is 8.19. The maximum absolute atomic E-state index is 12.3. The molecule has 0 unspecified atom stereocenters. The summed E-state index contributed by atoms with van der Waals surface area (Å²) < 4.78 is 6.24. The molecule has 0 N–H and O–H groups in total. The number of nitrogens with zero attached hydrogens (tertiary/aromatic N) is 3. The Balaban J connectivity index is 1.48. The normalized spacial score (nSPS) is 10.7. The molecule has 0 aliphatic carbocycles. The molecule has 0 fully saturated rings. The van der Waals surface area contributed by atoms with Gasteiger partial charge in [-0.2, -0.15) is 4.68 Å². The fourth-order valence-corrected chi connectivity index (χ4v) is 2.74. The largest absolute Gasteiger partial charge is 0.439 e. The highest BCUT2D eigenvalue weighted by molar-refractivity contribution is 5.90. The van der Waals surface area contributed by atoms with Crippen LogP contribution in [-0.4, -0.2) is 21.0 Å². The van der Waals surface area contributed by atoms with Gasteiger partial charge >= 0.3 is 5.97 Å². The molecule has 6 nitrogen and oxygen atoms in total. The third-order valence-electron chi connectivity index (χ3n) is 4.17. The lowest BCUT2D eigenvalue weighted by Gasteiger charge is -2.07. The summed E-state index contributed by atoms with van der Waals surface area (Å²) in [7, 11) is 0. The van der Waals surface area contributed by atoms with E-state index in [0.29, 0.717) is 16.5 Å². The molecule has 0 bridgehead atoms. The first-order chi connectivity index (χ1) is 13.2. The molecule has 132 valence electrons. The van der Waals surface area contributed by atoms with Gasteiger partial charge in [0.1, 0.15) is 5.52 Å². The predicted molar refractivity (Wildman–Crippen MR) is 101 cm³/mol. The summed E-state index contributed by atoms with van der Waals surface area (Å²) in [4.78, 5) is 24.6. The van der Waals surface area contributed by atoms with Crippen LogP contribution in [0.3, 0.4) is 0 Å². The van der Waals surface area contributed by atoms with Gasteiger partial charge in [-0.15, -0.1) is 5.10 Å². The van der Waals surface area contributed by atoms with Crippen molar-refractivity contribution in [2.24, 2.45) is 0 Å². The van der Waals surface area contributed by atoms with Crippen LogP contribution in [0.4, 0.5) is 0 Å². The summed E-state index contributed by atoms with van der Waals surface area (Å²) in [6.45, 7) is -0.296. The standard InChI is InChI=1S/C21H15N3O3/c25-20-18-8-4-5-9-19(18)22-23-24(20)14-27-21(26)17-12-10-16(11-13-17)15-6-2-1-3-7-15/h1-13H,14H2. The summed E-state index contributed by atoms with van der Waals surface area (Å²) in [5.41, 5.74) is 2.62. The summed E-state index contributed by atoms with van der Waals surface area (Å²) >= 11 is 0. The second-order valence-corrected chi connectivity index (χ2v) is 5.92. The van der Waals surface area contributed by atoms with Crippen molar-refractivity contribution in [3.63, 3.8) is 0 Å². The van der Waals surface area contributed by atoms with Gasteiger partial charge < -0.3 is 4.74 Å². The Kier molecular flexibility index (Phi) is 4.45. The molecule has 4 rings (SSSR count). The number of benzene rings is 3. The van der Waals surface area contributed by atoms with Crippen molar-refractivity contribution in [1.29, 1.82) is 0 Å². The maximum atomic E-state index is 12.3. The molecule has 27 heavy (non-hydrogen) atoms. The van der Waals surface area contributed by atoms with Crippen molar-refractivity contribution in [3.8, 4) is 11.1 Å². The van der Waals surface area contributed by atoms with Crippen LogP contribution < -0.4 is 5.56 Å². The van der Waals surface area contributed by atoms with E-state index >= 15 is 0 Å². The molecule has 3 aromatic carbocycles. The highest BCUT2D eigenvalue weighted by atomic mass is 16.5. The van der Waals surface area contributed by atoms with Crippen molar-refractivity contribution < 1.29 is 9.53 Å². The Morgan fingerprint density at radius 2 is 1.52 bits per heavy atom. The Labute approximate surface area is 154 Å². The van der Waals surface area contributed by atoms with Gasteiger partial charge in [0, 0.05) is 0 Å². The van der Waals surface area contributed by atoms with Gasteiger partial charge in [0.2, 0.25) is 0 Å². The Hall–Kier alpha value is -3.80. The average Bonchev–Trinajstić information content (AvgIpc) is 2.74. The molecule has 0 aliphatic heterocycles. The van der Waals surface area contributed by atoms with Gasteiger partial charge in [0.05, 0.1) is 10.9 Å². The quantitative estimate of drug-likeness (QED) is 0.524. The van der Waals surface area contributed by atoms with E-state index in [9.17, 15) is 9.59 Å². The zero-order valence-electron chi connectivity index (χ0n) is 14.3. The minimum absolute atomic E-state index is 0.296. The molecule has 0 aliphatic rings. The molecule has 1 aromatic heterocycles. The second kappa shape index (κ2) is 7.21. The molecule has 0 amide bonds. The lowest BCUT2D eigenvalue weighted by molar-refractivity contribution is 0.0336. The zero-order chi connectivity index (χ0) is 18.6. The van der Waals surface area contributed by atoms with E-state index in [0.717, 1.165) is 15.8 Å². The first-order valence-electron chi connectivity index (χ1n) is 8.37. The van der Waals surface area contributed by atoms with Gasteiger partial charge in [-0.05, 0) is 35.4 Å². The minimum atomic E-state index is -0.531. The molecule has 0 spiro atoms. The minimum Gasteiger partial charge on any atom is -0.439 e. The van der Waals surface area contributed by atoms with Crippen LogP contribution in [0.1, 0.15) is 10.4 Å². The molecular formula is C21H15N3O3. The van der Waals surface area contributed by atoms with Crippen LogP contribution in [0.2, 0.25) is 0 Å². The number of fused-ring (bicyclic) bond motifs is 1. The van der Waals surface area contributed by atoms with Gasteiger partial charge in [-0.1, -0.05) is 59.8 Å². The predicted octanol–water partition coefficient (Wildman–Crippen LogP) is 3.27. The van der Waals surface area contributed by atoms with Crippen molar-refractivity contribution in [3.05, 3.63) is 94.8 Å².